The van der Waals surface area contributed by atoms with E-state index >= 15 is 0 Å². The molecule has 0 radical (unpaired) electrons. The van der Waals surface area contributed by atoms with E-state index in [9.17, 15) is 4.79 Å². The van der Waals surface area contributed by atoms with Crippen LogP contribution in [0.3, 0.4) is 0 Å². The van der Waals surface area contributed by atoms with Gasteiger partial charge in [-0.1, -0.05) is 6.07 Å². The summed E-state index contributed by atoms with van der Waals surface area (Å²) in [7, 11) is 3.19. The van der Waals surface area contributed by atoms with Gasteiger partial charge in [0.1, 0.15) is 0 Å². The summed E-state index contributed by atoms with van der Waals surface area (Å²) in [5.41, 5.74) is 2.92. The number of nitrogens with one attached hydrogen (secondary N) is 1. The van der Waals surface area contributed by atoms with E-state index in [1.165, 1.54) is 18.5 Å². The lowest BCUT2D eigenvalue weighted by Gasteiger charge is -2.36. The fraction of sp³-hybridized carbons (Fsp3) is 0.435. The number of piperazine rings is 1. The molecule has 154 valence electrons. The Balaban J connectivity index is 1.31. The first-order valence-corrected chi connectivity index (χ1v) is 10.3. The summed E-state index contributed by atoms with van der Waals surface area (Å²) >= 11 is 0. The number of hydrogen-bond acceptors (Lipinski definition) is 5. The van der Waals surface area contributed by atoms with Gasteiger partial charge in [-0.2, -0.15) is 0 Å². The summed E-state index contributed by atoms with van der Waals surface area (Å²) in [5, 5.41) is 2.98. The normalized spacial score (nSPS) is 17.1. The second-order valence-electron chi connectivity index (χ2n) is 7.72. The highest BCUT2D eigenvalue weighted by molar-refractivity contribution is 5.92. The summed E-state index contributed by atoms with van der Waals surface area (Å²) in [5.74, 6) is 1.23. The van der Waals surface area contributed by atoms with Crippen LogP contribution in [-0.4, -0.2) is 57.2 Å². The minimum atomic E-state index is -0.0528. The number of anilines is 2. The fourth-order valence-electron chi connectivity index (χ4n) is 3.92. The minimum absolute atomic E-state index is 0.0528. The van der Waals surface area contributed by atoms with Crippen molar-refractivity contribution in [2.75, 3.05) is 50.6 Å². The lowest BCUT2D eigenvalue weighted by atomic mass is 10.1. The number of benzene rings is 2. The first-order valence-electron chi connectivity index (χ1n) is 10.3. The maximum Gasteiger partial charge on any atom is 0.228 e. The lowest BCUT2D eigenvalue weighted by Crippen LogP contribution is -2.47. The molecule has 6 nitrogen and oxygen atoms in total. The zero-order valence-electron chi connectivity index (χ0n) is 17.2. The van der Waals surface area contributed by atoms with Crippen LogP contribution in [-0.2, 0) is 11.2 Å². The van der Waals surface area contributed by atoms with Crippen molar-refractivity contribution in [1.82, 2.24) is 4.90 Å². The third-order valence-electron chi connectivity index (χ3n) is 5.71. The first kappa shape index (κ1) is 19.6. The highest BCUT2D eigenvalue weighted by Gasteiger charge is 2.31. The Labute approximate surface area is 172 Å². The molecule has 1 saturated heterocycles. The van der Waals surface area contributed by atoms with Crippen LogP contribution in [0.5, 0.6) is 11.5 Å². The Hall–Kier alpha value is -2.73. The van der Waals surface area contributed by atoms with Crippen LogP contribution < -0.4 is 19.7 Å². The molecule has 4 rings (SSSR count). The minimum Gasteiger partial charge on any atom is -0.493 e. The van der Waals surface area contributed by atoms with E-state index in [1.54, 1.807) is 14.2 Å². The molecule has 0 atom stereocenters. The molecule has 29 heavy (non-hydrogen) atoms. The van der Waals surface area contributed by atoms with Gasteiger partial charge in [0.15, 0.2) is 11.5 Å². The molecule has 1 aliphatic heterocycles. The van der Waals surface area contributed by atoms with Crippen molar-refractivity contribution < 1.29 is 14.3 Å². The Bertz CT molecular complexity index is 841. The van der Waals surface area contributed by atoms with Gasteiger partial charge in [-0.15, -0.1) is 0 Å². The van der Waals surface area contributed by atoms with Crippen LogP contribution in [0.1, 0.15) is 18.4 Å². The number of methoxy groups -OCH3 is 2. The molecule has 1 heterocycles. The summed E-state index contributed by atoms with van der Waals surface area (Å²) in [4.78, 5) is 17.5. The molecule has 2 aromatic rings. The average molecular weight is 396 g/mol. The van der Waals surface area contributed by atoms with Crippen molar-refractivity contribution in [2.45, 2.75) is 25.3 Å². The standard InChI is InChI=1S/C23H29N3O3/c1-28-21-10-3-17(15-22(21)29-2)16-23(27)24-18-4-6-19(7-5-18)25-11-13-26(14-12-25)20-8-9-20/h3-7,10,15,20H,8-9,11-14,16H2,1-2H3,(H,24,27). The Morgan fingerprint density at radius 1 is 0.966 bits per heavy atom. The Kier molecular flexibility index (Phi) is 5.90. The molecule has 1 saturated carbocycles. The molecule has 1 amide bonds. The van der Waals surface area contributed by atoms with Gasteiger partial charge < -0.3 is 19.7 Å². The van der Waals surface area contributed by atoms with E-state index in [-0.39, 0.29) is 12.3 Å². The van der Waals surface area contributed by atoms with Crippen molar-refractivity contribution in [1.29, 1.82) is 0 Å². The lowest BCUT2D eigenvalue weighted by molar-refractivity contribution is -0.115. The van der Waals surface area contributed by atoms with Crippen LogP contribution in [0, 0.1) is 0 Å². The predicted octanol–water partition coefficient (Wildman–Crippen LogP) is 3.17. The number of rotatable bonds is 7. The molecule has 1 aliphatic carbocycles. The molecule has 0 aromatic heterocycles. The maximum atomic E-state index is 12.4. The van der Waals surface area contributed by atoms with E-state index in [0.717, 1.165) is 43.5 Å². The van der Waals surface area contributed by atoms with Crippen molar-refractivity contribution in [2.24, 2.45) is 0 Å². The highest BCUT2D eigenvalue weighted by atomic mass is 16.5. The fourth-order valence-corrected chi connectivity index (χ4v) is 3.92. The highest BCUT2D eigenvalue weighted by Crippen LogP contribution is 2.29. The largest absolute Gasteiger partial charge is 0.493 e. The van der Waals surface area contributed by atoms with E-state index in [0.29, 0.717) is 11.5 Å². The zero-order valence-corrected chi connectivity index (χ0v) is 17.2. The van der Waals surface area contributed by atoms with Gasteiger partial charge in [0.05, 0.1) is 20.6 Å². The summed E-state index contributed by atoms with van der Waals surface area (Å²) in [6, 6.07) is 14.5. The smallest absolute Gasteiger partial charge is 0.228 e. The van der Waals surface area contributed by atoms with Gasteiger partial charge >= 0.3 is 0 Å². The van der Waals surface area contributed by atoms with Crippen LogP contribution in [0.4, 0.5) is 11.4 Å². The predicted molar refractivity (Wildman–Crippen MR) is 115 cm³/mol. The van der Waals surface area contributed by atoms with Crippen molar-refractivity contribution >= 4 is 17.3 Å². The van der Waals surface area contributed by atoms with E-state index in [4.69, 9.17) is 9.47 Å². The SMILES string of the molecule is COc1ccc(CC(=O)Nc2ccc(N3CCN(C4CC4)CC3)cc2)cc1OC. The molecule has 2 aromatic carbocycles. The molecule has 2 fully saturated rings. The molecule has 1 N–H and O–H groups in total. The second kappa shape index (κ2) is 8.74. The van der Waals surface area contributed by atoms with Crippen LogP contribution in [0.25, 0.3) is 0 Å². The van der Waals surface area contributed by atoms with E-state index in [2.05, 4.69) is 27.2 Å². The first-order chi connectivity index (χ1) is 14.2. The monoisotopic (exact) mass is 395 g/mol. The number of ether oxygens (including phenoxy) is 2. The molecule has 6 heteroatoms. The molecule has 0 bridgehead atoms. The summed E-state index contributed by atoms with van der Waals surface area (Å²) < 4.78 is 10.5. The van der Waals surface area contributed by atoms with Crippen LogP contribution >= 0.6 is 0 Å². The Morgan fingerprint density at radius 2 is 1.66 bits per heavy atom. The van der Waals surface area contributed by atoms with Crippen molar-refractivity contribution in [3.8, 4) is 11.5 Å². The van der Waals surface area contributed by atoms with E-state index in [1.807, 2.05) is 30.3 Å². The zero-order chi connectivity index (χ0) is 20.2. The third kappa shape index (κ3) is 4.82. The molecular weight excluding hydrogens is 366 g/mol. The van der Waals surface area contributed by atoms with Crippen molar-refractivity contribution in [3.63, 3.8) is 0 Å². The number of hydrogen-bond donors (Lipinski definition) is 1. The molecular formula is C23H29N3O3. The van der Waals surface area contributed by atoms with E-state index < -0.39 is 0 Å². The number of carbonyl (C=O) groups is 1. The van der Waals surface area contributed by atoms with Gasteiger partial charge in [0.2, 0.25) is 5.91 Å². The number of amides is 1. The van der Waals surface area contributed by atoms with Gasteiger partial charge in [0.25, 0.3) is 0 Å². The number of nitrogens with zero attached hydrogens (tertiary/aromatic N) is 2. The van der Waals surface area contributed by atoms with Gasteiger partial charge in [-0.05, 0) is 54.8 Å². The van der Waals surface area contributed by atoms with Gasteiger partial charge in [0, 0.05) is 43.6 Å². The maximum absolute atomic E-state index is 12.4. The average Bonchev–Trinajstić information content (AvgIpc) is 3.60. The quantitative estimate of drug-likeness (QED) is 0.780. The van der Waals surface area contributed by atoms with Crippen molar-refractivity contribution in [3.05, 3.63) is 48.0 Å². The number of carbonyl (C=O) groups excluding carboxylic acids is 1. The molecule has 0 unspecified atom stereocenters. The molecule has 2 aliphatic rings. The Morgan fingerprint density at radius 3 is 2.28 bits per heavy atom. The summed E-state index contributed by atoms with van der Waals surface area (Å²) in [6.07, 6.45) is 3.03. The van der Waals surface area contributed by atoms with Gasteiger partial charge in [-0.25, -0.2) is 0 Å². The second-order valence-corrected chi connectivity index (χ2v) is 7.72. The van der Waals surface area contributed by atoms with Crippen LogP contribution in [0.2, 0.25) is 0 Å². The van der Waals surface area contributed by atoms with Gasteiger partial charge in [-0.3, -0.25) is 9.69 Å². The third-order valence-corrected chi connectivity index (χ3v) is 5.71. The summed E-state index contributed by atoms with van der Waals surface area (Å²) in [6.45, 7) is 4.44. The molecule has 0 spiro atoms. The topological polar surface area (TPSA) is 54.0 Å². The van der Waals surface area contributed by atoms with Crippen LogP contribution in [0.15, 0.2) is 42.5 Å².